The maximum absolute atomic E-state index is 9.23. The SMILES string of the molecule is COC(CO)c1nc(Cl)cc(N2CCO[C@@H](C)C2)n1. The van der Waals surface area contributed by atoms with Crippen LogP contribution in [0.25, 0.3) is 0 Å². The monoisotopic (exact) mass is 287 g/mol. The van der Waals surface area contributed by atoms with E-state index in [1.807, 2.05) is 6.92 Å². The van der Waals surface area contributed by atoms with E-state index in [0.29, 0.717) is 17.6 Å². The van der Waals surface area contributed by atoms with Crippen LogP contribution < -0.4 is 4.90 Å². The van der Waals surface area contributed by atoms with Crippen molar-refractivity contribution in [1.82, 2.24) is 9.97 Å². The van der Waals surface area contributed by atoms with Crippen LogP contribution in [0.15, 0.2) is 6.07 Å². The van der Waals surface area contributed by atoms with E-state index in [-0.39, 0.29) is 12.7 Å². The number of rotatable bonds is 4. The zero-order chi connectivity index (χ0) is 13.8. The van der Waals surface area contributed by atoms with Crippen LogP contribution in [-0.4, -0.2) is 54.6 Å². The van der Waals surface area contributed by atoms with Crippen molar-refractivity contribution in [3.05, 3.63) is 17.0 Å². The molecule has 1 fully saturated rings. The van der Waals surface area contributed by atoms with E-state index in [1.165, 1.54) is 7.11 Å². The van der Waals surface area contributed by atoms with Crippen molar-refractivity contribution in [2.45, 2.75) is 19.1 Å². The molecule has 2 atom stereocenters. The highest BCUT2D eigenvalue weighted by Crippen LogP contribution is 2.22. The summed E-state index contributed by atoms with van der Waals surface area (Å²) in [6.07, 6.45) is -0.405. The summed E-state index contributed by atoms with van der Waals surface area (Å²) in [6, 6.07) is 1.72. The van der Waals surface area contributed by atoms with Gasteiger partial charge in [0.05, 0.1) is 19.3 Å². The van der Waals surface area contributed by atoms with E-state index in [0.717, 1.165) is 18.9 Å². The summed E-state index contributed by atoms with van der Waals surface area (Å²) in [5.41, 5.74) is 0. The molecule has 1 unspecified atom stereocenters. The fraction of sp³-hybridized carbons (Fsp3) is 0.667. The molecule has 0 aromatic carbocycles. The van der Waals surface area contributed by atoms with Crippen LogP contribution in [0.2, 0.25) is 5.15 Å². The van der Waals surface area contributed by atoms with Crippen molar-refractivity contribution < 1.29 is 14.6 Å². The number of hydrogen-bond acceptors (Lipinski definition) is 6. The van der Waals surface area contributed by atoms with Gasteiger partial charge >= 0.3 is 0 Å². The Hall–Kier alpha value is -0.950. The third kappa shape index (κ3) is 3.54. The second-order valence-electron chi connectivity index (χ2n) is 4.44. The minimum Gasteiger partial charge on any atom is -0.393 e. The van der Waals surface area contributed by atoms with Gasteiger partial charge in [0, 0.05) is 26.3 Å². The predicted octanol–water partition coefficient (Wildman–Crippen LogP) is 1.03. The second kappa shape index (κ2) is 6.47. The molecule has 0 saturated carbocycles. The molecule has 1 aromatic heterocycles. The molecule has 19 heavy (non-hydrogen) atoms. The van der Waals surface area contributed by atoms with Crippen molar-refractivity contribution in [1.29, 1.82) is 0 Å². The van der Waals surface area contributed by atoms with Gasteiger partial charge in [0.25, 0.3) is 0 Å². The van der Waals surface area contributed by atoms with Crippen LogP contribution in [0.3, 0.4) is 0 Å². The lowest BCUT2D eigenvalue weighted by Gasteiger charge is -2.32. The molecule has 0 spiro atoms. The van der Waals surface area contributed by atoms with E-state index in [9.17, 15) is 5.11 Å². The number of morpholine rings is 1. The number of aliphatic hydroxyl groups is 1. The predicted molar refractivity (Wildman–Crippen MR) is 71.5 cm³/mol. The molecule has 0 aliphatic carbocycles. The Labute approximate surface area is 117 Å². The molecule has 2 rings (SSSR count). The average molecular weight is 288 g/mol. The summed E-state index contributed by atoms with van der Waals surface area (Å²) in [5.74, 6) is 1.13. The van der Waals surface area contributed by atoms with Crippen LogP contribution in [0.5, 0.6) is 0 Å². The van der Waals surface area contributed by atoms with Crippen LogP contribution in [0, 0.1) is 0 Å². The van der Waals surface area contributed by atoms with Gasteiger partial charge in [-0.2, -0.15) is 0 Å². The molecule has 2 heterocycles. The van der Waals surface area contributed by atoms with Gasteiger partial charge in [0.1, 0.15) is 17.1 Å². The summed E-state index contributed by atoms with van der Waals surface area (Å²) < 4.78 is 10.6. The first-order valence-corrected chi connectivity index (χ1v) is 6.56. The van der Waals surface area contributed by atoms with Crippen LogP contribution in [0.1, 0.15) is 18.9 Å². The molecule has 1 aromatic rings. The van der Waals surface area contributed by atoms with Gasteiger partial charge in [-0.3, -0.25) is 0 Å². The summed E-state index contributed by atoms with van der Waals surface area (Å²) in [4.78, 5) is 10.6. The summed E-state index contributed by atoms with van der Waals surface area (Å²) in [7, 11) is 1.50. The van der Waals surface area contributed by atoms with Gasteiger partial charge in [-0.1, -0.05) is 11.6 Å². The molecule has 1 aliphatic heterocycles. The highest BCUT2D eigenvalue weighted by molar-refractivity contribution is 6.29. The summed E-state index contributed by atoms with van der Waals surface area (Å²) >= 11 is 6.02. The average Bonchev–Trinajstić information content (AvgIpc) is 2.39. The van der Waals surface area contributed by atoms with Crippen molar-refractivity contribution in [2.75, 3.05) is 38.3 Å². The quantitative estimate of drug-likeness (QED) is 0.835. The van der Waals surface area contributed by atoms with E-state index in [2.05, 4.69) is 14.9 Å². The standard InChI is InChI=1S/C12H18ClN3O3/c1-8-6-16(3-4-19-8)11-5-10(13)14-12(15-11)9(7-17)18-2/h5,8-9,17H,3-4,6-7H2,1-2H3/t8-,9?/m0/s1. The normalized spacial score (nSPS) is 21.5. The van der Waals surface area contributed by atoms with Gasteiger partial charge < -0.3 is 19.5 Å². The van der Waals surface area contributed by atoms with Crippen molar-refractivity contribution in [3.63, 3.8) is 0 Å². The molecule has 0 amide bonds. The van der Waals surface area contributed by atoms with Crippen molar-refractivity contribution >= 4 is 17.4 Å². The lowest BCUT2D eigenvalue weighted by molar-refractivity contribution is 0.0418. The molecule has 7 heteroatoms. The first kappa shape index (κ1) is 14.5. The minimum absolute atomic E-state index is 0.155. The molecule has 6 nitrogen and oxygen atoms in total. The minimum atomic E-state index is -0.559. The number of halogens is 1. The lowest BCUT2D eigenvalue weighted by Crippen LogP contribution is -2.41. The molecule has 1 aliphatic rings. The van der Waals surface area contributed by atoms with Gasteiger partial charge in [-0.25, -0.2) is 9.97 Å². The number of ether oxygens (including phenoxy) is 2. The van der Waals surface area contributed by atoms with E-state index in [1.54, 1.807) is 6.07 Å². The first-order valence-electron chi connectivity index (χ1n) is 6.18. The van der Waals surface area contributed by atoms with Crippen molar-refractivity contribution in [2.24, 2.45) is 0 Å². The molecular formula is C12H18ClN3O3. The zero-order valence-corrected chi connectivity index (χ0v) is 11.8. The van der Waals surface area contributed by atoms with Gasteiger partial charge in [-0.05, 0) is 6.92 Å². The fourth-order valence-electron chi connectivity index (χ4n) is 2.02. The number of hydrogen-bond donors (Lipinski definition) is 1. The van der Waals surface area contributed by atoms with Crippen LogP contribution in [-0.2, 0) is 9.47 Å². The van der Waals surface area contributed by atoms with Crippen LogP contribution in [0.4, 0.5) is 5.82 Å². The van der Waals surface area contributed by atoms with Gasteiger partial charge in [0.15, 0.2) is 5.82 Å². The summed E-state index contributed by atoms with van der Waals surface area (Å²) in [5, 5.41) is 9.57. The molecular weight excluding hydrogens is 270 g/mol. The smallest absolute Gasteiger partial charge is 0.163 e. The Kier molecular flexibility index (Phi) is 4.93. The molecule has 0 bridgehead atoms. The van der Waals surface area contributed by atoms with E-state index < -0.39 is 6.10 Å². The van der Waals surface area contributed by atoms with Crippen LogP contribution >= 0.6 is 11.6 Å². The Morgan fingerprint density at radius 3 is 3.05 bits per heavy atom. The third-order valence-corrected chi connectivity index (χ3v) is 3.20. The highest BCUT2D eigenvalue weighted by Gasteiger charge is 2.21. The molecule has 1 N–H and O–H groups in total. The molecule has 106 valence electrons. The fourth-order valence-corrected chi connectivity index (χ4v) is 2.20. The number of aromatic nitrogens is 2. The van der Waals surface area contributed by atoms with Crippen molar-refractivity contribution in [3.8, 4) is 0 Å². The molecule has 0 radical (unpaired) electrons. The first-order chi connectivity index (χ1) is 9.13. The van der Waals surface area contributed by atoms with Gasteiger partial charge in [0.2, 0.25) is 0 Å². The Morgan fingerprint density at radius 1 is 1.63 bits per heavy atom. The molecule has 1 saturated heterocycles. The lowest BCUT2D eigenvalue weighted by atomic mass is 10.3. The maximum atomic E-state index is 9.23. The maximum Gasteiger partial charge on any atom is 0.163 e. The highest BCUT2D eigenvalue weighted by atomic mass is 35.5. The second-order valence-corrected chi connectivity index (χ2v) is 4.83. The zero-order valence-electron chi connectivity index (χ0n) is 11.0. The van der Waals surface area contributed by atoms with Gasteiger partial charge in [-0.15, -0.1) is 0 Å². The largest absolute Gasteiger partial charge is 0.393 e. The summed E-state index contributed by atoms with van der Waals surface area (Å²) in [6.45, 7) is 4.00. The third-order valence-electron chi connectivity index (χ3n) is 3.00. The topological polar surface area (TPSA) is 67.7 Å². The van der Waals surface area contributed by atoms with E-state index in [4.69, 9.17) is 21.1 Å². The Balaban J connectivity index is 2.25. The number of nitrogens with zero attached hydrogens (tertiary/aromatic N) is 3. The Bertz CT molecular complexity index is 429. The number of anilines is 1. The number of methoxy groups -OCH3 is 1. The van der Waals surface area contributed by atoms with E-state index >= 15 is 0 Å². The number of aliphatic hydroxyl groups excluding tert-OH is 1. The Morgan fingerprint density at radius 2 is 2.42 bits per heavy atom.